The second-order valence-corrected chi connectivity index (χ2v) is 8.69. The smallest absolute Gasteiger partial charge is 0.407 e. The Labute approximate surface area is 195 Å². The van der Waals surface area contributed by atoms with Gasteiger partial charge in [-0.3, -0.25) is 4.79 Å². The molecule has 4 rings (SSSR count). The molecule has 34 heavy (non-hydrogen) atoms. The standard InChI is InChI=1S/C25H26F2N2O5/c1-2-7-20(22(30)29-14-25(26,27)12-21(29)23(31)32)28-24(33)34-13-19-17-10-5-3-8-15(17)16-9-4-6-11-18(16)19/h3-6,8-11,19-21H,2,7,12-14H2,1H3,(H,28,33)(H,31,32)/t20-,21?/m1/s1. The van der Waals surface area contributed by atoms with Gasteiger partial charge in [0.25, 0.3) is 5.92 Å². The van der Waals surface area contributed by atoms with E-state index in [0.29, 0.717) is 11.3 Å². The number of alkyl halides is 2. The van der Waals surface area contributed by atoms with Gasteiger partial charge in [-0.2, -0.15) is 0 Å². The molecule has 2 aliphatic rings. The Morgan fingerprint density at radius 2 is 1.71 bits per heavy atom. The van der Waals surface area contributed by atoms with Crippen LogP contribution in [0.3, 0.4) is 0 Å². The molecule has 1 aliphatic carbocycles. The molecule has 1 unspecified atom stereocenters. The summed E-state index contributed by atoms with van der Waals surface area (Å²) < 4.78 is 33.1. The SMILES string of the molecule is CCC[C@@H](NC(=O)OCC1c2ccccc2-c2ccccc21)C(=O)N1CC(F)(F)CC1C(=O)O. The van der Waals surface area contributed by atoms with Crippen molar-refractivity contribution in [3.8, 4) is 11.1 Å². The van der Waals surface area contributed by atoms with Gasteiger partial charge >= 0.3 is 12.1 Å². The summed E-state index contributed by atoms with van der Waals surface area (Å²) in [6.07, 6.45) is -1.16. The number of halogens is 2. The lowest BCUT2D eigenvalue weighted by molar-refractivity contribution is -0.149. The van der Waals surface area contributed by atoms with E-state index in [1.165, 1.54) is 0 Å². The molecule has 9 heteroatoms. The van der Waals surface area contributed by atoms with Crippen LogP contribution in [0.4, 0.5) is 13.6 Å². The minimum absolute atomic E-state index is 0.0342. The molecule has 2 aromatic rings. The van der Waals surface area contributed by atoms with Gasteiger partial charge in [0.15, 0.2) is 0 Å². The number of ether oxygens (including phenoxy) is 1. The Morgan fingerprint density at radius 1 is 1.12 bits per heavy atom. The molecule has 2 amide bonds. The maximum atomic E-state index is 13.8. The van der Waals surface area contributed by atoms with Crippen molar-refractivity contribution < 1.29 is 33.0 Å². The van der Waals surface area contributed by atoms with Gasteiger partial charge in [0, 0.05) is 12.3 Å². The minimum atomic E-state index is -3.29. The van der Waals surface area contributed by atoms with Crippen LogP contribution in [-0.2, 0) is 14.3 Å². The van der Waals surface area contributed by atoms with Crippen molar-refractivity contribution in [1.29, 1.82) is 0 Å². The van der Waals surface area contributed by atoms with Gasteiger partial charge in [-0.05, 0) is 28.7 Å². The maximum Gasteiger partial charge on any atom is 0.407 e. The Hall–Kier alpha value is -3.49. The van der Waals surface area contributed by atoms with Crippen LogP contribution in [-0.4, -0.2) is 59.1 Å². The Balaban J connectivity index is 1.44. The second-order valence-electron chi connectivity index (χ2n) is 8.69. The van der Waals surface area contributed by atoms with E-state index in [2.05, 4.69) is 5.32 Å². The summed E-state index contributed by atoms with van der Waals surface area (Å²) in [7, 11) is 0. The molecule has 1 aliphatic heterocycles. The Bertz CT molecular complexity index is 1060. The molecule has 0 saturated carbocycles. The fraction of sp³-hybridized carbons (Fsp3) is 0.400. The lowest BCUT2D eigenvalue weighted by atomic mass is 9.98. The number of aliphatic carboxylic acids is 1. The summed E-state index contributed by atoms with van der Waals surface area (Å²) in [5, 5.41) is 11.7. The summed E-state index contributed by atoms with van der Waals surface area (Å²) >= 11 is 0. The van der Waals surface area contributed by atoms with Crippen LogP contribution in [0, 0.1) is 0 Å². The highest BCUT2D eigenvalue weighted by Gasteiger charge is 2.51. The fourth-order valence-corrected chi connectivity index (χ4v) is 4.80. The van der Waals surface area contributed by atoms with Gasteiger partial charge in [0.05, 0.1) is 6.54 Å². The number of nitrogens with zero attached hydrogens (tertiary/aromatic N) is 1. The molecule has 180 valence electrons. The molecule has 1 saturated heterocycles. The van der Waals surface area contributed by atoms with Crippen molar-refractivity contribution in [3.63, 3.8) is 0 Å². The number of likely N-dealkylation sites (tertiary alicyclic amines) is 1. The van der Waals surface area contributed by atoms with Crippen LogP contribution in [0.15, 0.2) is 48.5 Å². The van der Waals surface area contributed by atoms with E-state index in [0.717, 1.165) is 22.3 Å². The number of nitrogens with one attached hydrogen (secondary N) is 1. The number of hydrogen-bond donors (Lipinski definition) is 2. The third-order valence-corrected chi connectivity index (χ3v) is 6.35. The zero-order valence-electron chi connectivity index (χ0n) is 18.7. The normalized spacial score (nSPS) is 19.3. The van der Waals surface area contributed by atoms with Crippen molar-refractivity contribution in [2.75, 3.05) is 13.2 Å². The number of carboxylic acids is 1. The summed E-state index contributed by atoms with van der Waals surface area (Å²) in [5.74, 6) is -5.81. The van der Waals surface area contributed by atoms with Gasteiger partial charge in [-0.1, -0.05) is 61.9 Å². The van der Waals surface area contributed by atoms with E-state index >= 15 is 0 Å². The zero-order chi connectivity index (χ0) is 24.5. The van der Waals surface area contributed by atoms with E-state index in [1.54, 1.807) is 6.92 Å². The molecule has 0 aromatic heterocycles. The van der Waals surface area contributed by atoms with Crippen molar-refractivity contribution in [2.24, 2.45) is 0 Å². The van der Waals surface area contributed by atoms with Crippen LogP contribution >= 0.6 is 0 Å². The van der Waals surface area contributed by atoms with Gasteiger partial charge in [-0.15, -0.1) is 0 Å². The van der Waals surface area contributed by atoms with E-state index in [9.17, 15) is 28.3 Å². The number of amides is 2. The largest absolute Gasteiger partial charge is 0.480 e. The van der Waals surface area contributed by atoms with Crippen molar-refractivity contribution >= 4 is 18.0 Å². The quantitative estimate of drug-likeness (QED) is 0.635. The van der Waals surface area contributed by atoms with Crippen LogP contribution < -0.4 is 5.32 Å². The molecule has 1 fully saturated rings. The lowest BCUT2D eigenvalue weighted by Crippen LogP contribution is -2.52. The third kappa shape index (κ3) is 4.60. The Kier molecular flexibility index (Phi) is 6.54. The van der Waals surface area contributed by atoms with E-state index in [1.807, 2.05) is 48.5 Å². The molecule has 2 aromatic carbocycles. The summed E-state index contributed by atoms with van der Waals surface area (Å²) in [5.41, 5.74) is 4.20. The number of carbonyl (C=O) groups is 3. The summed E-state index contributed by atoms with van der Waals surface area (Å²) in [6.45, 7) is 0.814. The number of hydrogen-bond acceptors (Lipinski definition) is 4. The molecule has 0 spiro atoms. The first-order chi connectivity index (χ1) is 16.2. The first-order valence-electron chi connectivity index (χ1n) is 11.2. The van der Waals surface area contributed by atoms with Crippen LogP contribution in [0.1, 0.15) is 43.2 Å². The molecule has 2 N–H and O–H groups in total. The average Bonchev–Trinajstić information content (AvgIpc) is 3.31. The van der Waals surface area contributed by atoms with Gasteiger partial charge in [0.1, 0.15) is 18.7 Å². The molecule has 0 radical (unpaired) electrons. The molecular formula is C25H26F2N2O5. The highest BCUT2D eigenvalue weighted by atomic mass is 19.3. The first-order valence-corrected chi connectivity index (χ1v) is 11.2. The van der Waals surface area contributed by atoms with Gasteiger partial charge < -0.3 is 20.1 Å². The van der Waals surface area contributed by atoms with Crippen molar-refractivity contribution in [2.45, 2.75) is 50.1 Å². The number of rotatable bonds is 7. The first kappa shape index (κ1) is 23.7. The van der Waals surface area contributed by atoms with Gasteiger partial charge in [0.2, 0.25) is 5.91 Å². The van der Waals surface area contributed by atoms with Crippen LogP contribution in [0.2, 0.25) is 0 Å². The van der Waals surface area contributed by atoms with Crippen LogP contribution in [0.5, 0.6) is 0 Å². The average molecular weight is 472 g/mol. The third-order valence-electron chi connectivity index (χ3n) is 6.35. The number of alkyl carbamates (subject to hydrolysis) is 1. The van der Waals surface area contributed by atoms with Crippen molar-refractivity contribution in [3.05, 3.63) is 59.7 Å². The van der Waals surface area contributed by atoms with E-state index in [-0.39, 0.29) is 18.9 Å². The van der Waals surface area contributed by atoms with Gasteiger partial charge in [-0.25, -0.2) is 18.4 Å². The number of fused-ring (bicyclic) bond motifs is 3. The molecule has 7 nitrogen and oxygen atoms in total. The Morgan fingerprint density at radius 3 is 2.26 bits per heavy atom. The highest BCUT2D eigenvalue weighted by Crippen LogP contribution is 2.44. The van der Waals surface area contributed by atoms with Crippen LogP contribution in [0.25, 0.3) is 11.1 Å². The monoisotopic (exact) mass is 472 g/mol. The van der Waals surface area contributed by atoms with Crippen molar-refractivity contribution in [1.82, 2.24) is 10.2 Å². The predicted molar refractivity (Wildman–Crippen MR) is 120 cm³/mol. The number of carboxylic acid groups (broad SMARTS) is 1. The number of benzene rings is 2. The summed E-state index contributed by atoms with van der Waals surface area (Å²) in [4.78, 5) is 37.6. The highest BCUT2D eigenvalue weighted by molar-refractivity contribution is 5.90. The number of carbonyl (C=O) groups excluding carboxylic acids is 2. The summed E-state index contributed by atoms with van der Waals surface area (Å²) in [6, 6.07) is 12.9. The predicted octanol–water partition coefficient (Wildman–Crippen LogP) is 4.01. The molecule has 0 bridgehead atoms. The van der Waals surface area contributed by atoms with E-state index in [4.69, 9.17) is 4.74 Å². The molecular weight excluding hydrogens is 446 g/mol. The lowest BCUT2D eigenvalue weighted by Gasteiger charge is -2.26. The minimum Gasteiger partial charge on any atom is -0.480 e. The second kappa shape index (κ2) is 9.40. The molecule has 2 atom stereocenters. The maximum absolute atomic E-state index is 13.8. The topological polar surface area (TPSA) is 95.9 Å². The fourth-order valence-electron chi connectivity index (χ4n) is 4.80. The molecule has 1 heterocycles. The van der Waals surface area contributed by atoms with E-state index < -0.39 is 48.9 Å². The zero-order valence-corrected chi connectivity index (χ0v) is 18.7.